The smallest absolute Gasteiger partial charge is 0.209 e. The summed E-state index contributed by atoms with van der Waals surface area (Å²) in [4.78, 5) is 11.4. The molecule has 0 saturated carbocycles. The predicted octanol–water partition coefficient (Wildman–Crippen LogP) is 3.82. The molecule has 2 aromatic heterocycles. The minimum absolute atomic E-state index is 0.693. The van der Waals surface area contributed by atoms with E-state index in [1.807, 2.05) is 24.3 Å². The Bertz CT molecular complexity index is 866. The van der Waals surface area contributed by atoms with Crippen LogP contribution in [0.25, 0.3) is 11.3 Å². The van der Waals surface area contributed by atoms with Gasteiger partial charge in [-0.15, -0.1) is 0 Å². The first-order valence-corrected chi connectivity index (χ1v) is 8.43. The second-order valence-corrected chi connectivity index (χ2v) is 6.62. The van der Waals surface area contributed by atoms with E-state index >= 15 is 0 Å². The van der Waals surface area contributed by atoms with Gasteiger partial charge in [0.2, 0.25) is 5.89 Å². The van der Waals surface area contributed by atoms with E-state index in [1.54, 1.807) is 6.20 Å². The molecule has 0 unspecified atom stereocenters. The molecule has 0 radical (unpaired) electrons. The summed E-state index contributed by atoms with van der Waals surface area (Å²) in [6.45, 7) is 7.66. The number of nitrogens with zero attached hydrogens (tertiary/aromatic N) is 4. The maximum atomic E-state index is 5.93. The summed E-state index contributed by atoms with van der Waals surface area (Å²) in [5.41, 5.74) is 3.37. The fraction of sp³-hybridized carbons (Fsp3) is 0.333. The van der Waals surface area contributed by atoms with Gasteiger partial charge in [-0.2, -0.15) is 0 Å². The molecule has 0 amide bonds. The molecular weight excluding hydrogens is 324 g/mol. The van der Waals surface area contributed by atoms with Gasteiger partial charge in [-0.05, 0) is 38.1 Å². The number of fused-ring (bicyclic) bond motifs is 1. The van der Waals surface area contributed by atoms with Crippen molar-refractivity contribution in [3.8, 4) is 11.3 Å². The molecule has 4 rings (SSSR count). The summed E-state index contributed by atoms with van der Waals surface area (Å²) >= 11 is 5.93. The zero-order valence-corrected chi connectivity index (χ0v) is 14.5. The van der Waals surface area contributed by atoms with Crippen LogP contribution in [0.2, 0.25) is 5.02 Å². The number of hydrogen-bond donors (Lipinski definition) is 0. The lowest BCUT2D eigenvalue weighted by molar-refractivity contribution is 0.190. The van der Waals surface area contributed by atoms with Crippen LogP contribution in [0.3, 0.4) is 0 Å². The Morgan fingerprint density at radius 3 is 2.75 bits per heavy atom. The molecule has 1 aliphatic heterocycles. The van der Waals surface area contributed by atoms with E-state index in [4.69, 9.17) is 16.0 Å². The molecule has 0 atom stereocenters. The van der Waals surface area contributed by atoms with Crippen molar-refractivity contribution in [2.45, 2.75) is 33.5 Å². The van der Waals surface area contributed by atoms with E-state index in [0.717, 1.165) is 48.4 Å². The second kappa shape index (κ2) is 6.07. The molecule has 0 bridgehead atoms. The van der Waals surface area contributed by atoms with Gasteiger partial charge in [0.15, 0.2) is 5.76 Å². The predicted molar refractivity (Wildman–Crippen MR) is 92.8 cm³/mol. The molecule has 0 aliphatic carbocycles. The monoisotopic (exact) mass is 342 g/mol. The molecule has 124 valence electrons. The molecule has 1 aliphatic rings. The fourth-order valence-electron chi connectivity index (χ4n) is 3.12. The molecule has 3 heterocycles. The highest BCUT2D eigenvalue weighted by molar-refractivity contribution is 6.30. The van der Waals surface area contributed by atoms with Crippen LogP contribution < -0.4 is 0 Å². The lowest BCUT2D eigenvalue weighted by Gasteiger charge is -2.26. The molecule has 3 aromatic rings. The van der Waals surface area contributed by atoms with Gasteiger partial charge in [0.05, 0.1) is 25.0 Å². The van der Waals surface area contributed by atoms with Gasteiger partial charge in [-0.25, -0.2) is 9.97 Å². The molecule has 0 fully saturated rings. The Morgan fingerprint density at radius 2 is 1.96 bits per heavy atom. The zero-order chi connectivity index (χ0) is 16.7. The molecule has 0 N–H and O–H groups in total. The van der Waals surface area contributed by atoms with Crippen molar-refractivity contribution in [2.24, 2.45) is 0 Å². The third kappa shape index (κ3) is 2.85. The van der Waals surface area contributed by atoms with Crippen molar-refractivity contribution in [2.75, 3.05) is 6.54 Å². The summed E-state index contributed by atoms with van der Waals surface area (Å²) in [7, 11) is 0. The Hall–Kier alpha value is -2.11. The van der Waals surface area contributed by atoms with Gasteiger partial charge < -0.3 is 8.98 Å². The average molecular weight is 343 g/mol. The Morgan fingerprint density at radius 1 is 1.17 bits per heavy atom. The summed E-state index contributed by atoms with van der Waals surface area (Å²) in [5.74, 6) is 2.63. The summed E-state index contributed by atoms with van der Waals surface area (Å²) in [6, 6.07) is 7.59. The molecular formula is C18H19ClN4O. The number of aryl methyl sites for hydroxylation is 1. The summed E-state index contributed by atoms with van der Waals surface area (Å²) in [5, 5.41) is 0.716. The van der Waals surface area contributed by atoms with Crippen molar-refractivity contribution in [1.82, 2.24) is 19.4 Å². The minimum atomic E-state index is 0.693. The highest BCUT2D eigenvalue weighted by Gasteiger charge is 2.21. The Balaban J connectivity index is 1.48. The van der Waals surface area contributed by atoms with Gasteiger partial charge in [0.1, 0.15) is 5.82 Å². The lowest BCUT2D eigenvalue weighted by atomic mass is 10.2. The van der Waals surface area contributed by atoms with E-state index in [-0.39, 0.29) is 0 Å². The molecule has 0 saturated heterocycles. The maximum Gasteiger partial charge on any atom is 0.209 e. The van der Waals surface area contributed by atoms with Crippen LogP contribution >= 0.6 is 11.6 Å². The van der Waals surface area contributed by atoms with E-state index in [2.05, 4.69) is 33.3 Å². The van der Waals surface area contributed by atoms with Crippen molar-refractivity contribution in [3.63, 3.8) is 0 Å². The quantitative estimate of drug-likeness (QED) is 0.726. The first-order valence-electron chi connectivity index (χ1n) is 8.06. The van der Waals surface area contributed by atoms with Crippen molar-refractivity contribution in [1.29, 1.82) is 0 Å². The highest BCUT2D eigenvalue weighted by Crippen LogP contribution is 2.24. The number of benzene rings is 1. The van der Waals surface area contributed by atoms with Crippen LogP contribution in [-0.2, 0) is 19.6 Å². The first kappa shape index (κ1) is 15.4. The van der Waals surface area contributed by atoms with Gasteiger partial charge >= 0.3 is 0 Å². The SMILES string of the molecule is Cc1nc2n(c1C)CCN(Cc1ncc(-c3ccc(Cl)cc3)o1)C2. The number of imidazole rings is 1. The van der Waals surface area contributed by atoms with E-state index in [0.29, 0.717) is 11.6 Å². The Labute approximate surface area is 145 Å². The van der Waals surface area contributed by atoms with Gasteiger partial charge in [0, 0.05) is 29.4 Å². The van der Waals surface area contributed by atoms with E-state index < -0.39 is 0 Å². The third-order valence-electron chi connectivity index (χ3n) is 4.58. The van der Waals surface area contributed by atoms with Crippen LogP contribution in [0.5, 0.6) is 0 Å². The van der Waals surface area contributed by atoms with Gasteiger partial charge in [-0.3, -0.25) is 4.90 Å². The maximum absolute atomic E-state index is 5.93. The van der Waals surface area contributed by atoms with Gasteiger partial charge in [0.25, 0.3) is 0 Å². The Kier molecular flexibility index (Phi) is 3.90. The largest absolute Gasteiger partial charge is 0.439 e. The molecule has 1 aromatic carbocycles. The highest BCUT2D eigenvalue weighted by atomic mass is 35.5. The zero-order valence-electron chi connectivity index (χ0n) is 13.8. The lowest BCUT2D eigenvalue weighted by Crippen LogP contribution is -2.33. The van der Waals surface area contributed by atoms with Gasteiger partial charge in [-0.1, -0.05) is 11.6 Å². The molecule has 0 spiro atoms. The van der Waals surface area contributed by atoms with Crippen molar-refractivity contribution >= 4 is 11.6 Å². The number of rotatable bonds is 3. The average Bonchev–Trinajstić information content (AvgIpc) is 3.14. The summed E-state index contributed by atoms with van der Waals surface area (Å²) < 4.78 is 8.21. The van der Waals surface area contributed by atoms with E-state index in [9.17, 15) is 0 Å². The molecule has 24 heavy (non-hydrogen) atoms. The molecule has 5 nitrogen and oxygen atoms in total. The number of oxazole rings is 1. The molecule has 6 heteroatoms. The number of halogens is 1. The minimum Gasteiger partial charge on any atom is -0.439 e. The van der Waals surface area contributed by atoms with E-state index in [1.165, 1.54) is 5.69 Å². The first-order chi connectivity index (χ1) is 11.6. The summed E-state index contributed by atoms with van der Waals surface area (Å²) in [6.07, 6.45) is 1.78. The van der Waals surface area contributed by atoms with Crippen LogP contribution in [-0.4, -0.2) is 26.0 Å². The van der Waals surface area contributed by atoms with Crippen molar-refractivity contribution < 1.29 is 4.42 Å². The van der Waals surface area contributed by atoms with Crippen molar-refractivity contribution in [3.05, 3.63) is 58.6 Å². The normalized spacial score (nSPS) is 14.8. The van der Waals surface area contributed by atoms with Crippen LogP contribution in [0.4, 0.5) is 0 Å². The van der Waals surface area contributed by atoms with Crippen LogP contribution in [0, 0.1) is 13.8 Å². The fourth-order valence-corrected chi connectivity index (χ4v) is 3.24. The standard InChI is InChI=1S/C18H19ClN4O/c1-12-13(2)23-8-7-22(10-17(23)21-12)11-18-20-9-16(24-18)14-3-5-15(19)6-4-14/h3-6,9H,7-8,10-11H2,1-2H3. The number of aromatic nitrogens is 3. The number of hydrogen-bond acceptors (Lipinski definition) is 4. The van der Waals surface area contributed by atoms with Crippen LogP contribution in [0.15, 0.2) is 34.9 Å². The topological polar surface area (TPSA) is 47.1 Å². The third-order valence-corrected chi connectivity index (χ3v) is 4.83. The second-order valence-electron chi connectivity index (χ2n) is 6.19. The van der Waals surface area contributed by atoms with Crippen LogP contribution in [0.1, 0.15) is 23.1 Å².